The summed E-state index contributed by atoms with van der Waals surface area (Å²) in [5, 5.41) is 35.1. The topological polar surface area (TPSA) is 171 Å². The summed E-state index contributed by atoms with van der Waals surface area (Å²) in [6.07, 6.45) is -5.23. The maximum absolute atomic E-state index is 11.4. The van der Waals surface area contributed by atoms with Crippen molar-refractivity contribution in [1.29, 1.82) is 0 Å². The normalized spacial score (nSPS) is 12.2. The zero-order chi connectivity index (χ0) is 20.2. The van der Waals surface area contributed by atoms with Crippen LogP contribution < -0.4 is 11.4 Å². The molecule has 1 unspecified atom stereocenters. The van der Waals surface area contributed by atoms with Crippen molar-refractivity contribution in [3.05, 3.63) is 34.2 Å². The quantitative estimate of drug-likeness (QED) is 0.483. The van der Waals surface area contributed by atoms with E-state index in [-0.39, 0.29) is 34.5 Å². The van der Waals surface area contributed by atoms with Crippen LogP contribution >= 0.6 is 0 Å². The largest absolute Gasteiger partial charge is 0.508 e. The Balaban J connectivity index is 0.000000412. The Labute approximate surface area is 141 Å². The van der Waals surface area contributed by atoms with Crippen molar-refractivity contribution in [1.82, 2.24) is 0 Å². The van der Waals surface area contributed by atoms with E-state index in [2.05, 4.69) is 0 Å². The number of nitrogens with two attached hydrogens (primary N) is 1. The van der Waals surface area contributed by atoms with Gasteiger partial charge in [0.05, 0.1) is 5.39 Å². The molecule has 1 heterocycles. The Morgan fingerprint density at radius 2 is 1.69 bits per heavy atom. The monoisotopic (exact) mass is 379 g/mol. The summed E-state index contributed by atoms with van der Waals surface area (Å²) < 4.78 is 36.6. The van der Waals surface area contributed by atoms with E-state index < -0.39 is 29.8 Å². The maximum atomic E-state index is 11.4. The highest BCUT2D eigenvalue weighted by Gasteiger charge is 2.38. The number of halogens is 3. The first kappa shape index (κ1) is 20.8. The third-order valence-electron chi connectivity index (χ3n) is 2.89. The van der Waals surface area contributed by atoms with E-state index in [1.807, 2.05) is 0 Å². The first-order valence-corrected chi connectivity index (χ1v) is 6.60. The van der Waals surface area contributed by atoms with E-state index in [1.54, 1.807) is 0 Å². The van der Waals surface area contributed by atoms with Crippen LogP contribution in [0.15, 0.2) is 27.4 Å². The summed E-state index contributed by atoms with van der Waals surface area (Å²) in [6.45, 7) is 0. The molecule has 1 aromatic carbocycles. The SMILES string of the molecule is NC(Cc1cc(=O)oc2cc(O)cc(O)c12)C(=O)O.O=C(O)C(F)(F)F. The summed E-state index contributed by atoms with van der Waals surface area (Å²) in [5.74, 6) is -4.56. The zero-order valence-electron chi connectivity index (χ0n) is 12.6. The molecule has 1 aromatic heterocycles. The third kappa shape index (κ3) is 5.37. The van der Waals surface area contributed by atoms with Gasteiger partial charge in [0.2, 0.25) is 0 Å². The number of hydrogen-bond acceptors (Lipinski definition) is 7. The van der Waals surface area contributed by atoms with Gasteiger partial charge in [-0.2, -0.15) is 13.2 Å². The Kier molecular flexibility index (Phi) is 6.18. The van der Waals surface area contributed by atoms with Crippen LogP contribution in [0.3, 0.4) is 0 Å². The fraction of sp³-hybridized carbons (Fsp3) is 0.214. The Hall–Kier alpha value is -3.28. The van der Waals surface area contributed by atoms with Gasteiger partial charge in [0.15, 0.2) is 0 Å². The number of carboxylic acids is 2. The molecule has 0 saturated carbocycles. The first-order chi connectivity index (χ1) is 11.8. The van der Waals surface area contributed by atoms with Gasteiger partial charge in [0, 0.05) is 18.2 Å². The average molecular weight is 379 g/mol. The number of carboxylic acid groups (broad SMARTS) is 2. The number of phenols is 2. The van der Waals surface area contributed by atoms with Gasteiger partial charge in [-0.05, 0) is 12.0 Å². The van der Waals surface area contributed by atoms with E-state index in [0.717, 1.165) is 18.2 Å². The van der Waals surface area contributed by atoms with E-state index in [0.29, 0.717) is 0 Å². The summed E-state index contributed by atoms with van der Waals surface area (Å²) in [5.41, 5.74) is 4.91. The molecule has 1 atom stereocenters. The summed E-state index contributed by atoms with van der Waals surface area (Å²) >= 11 is 0. The summed E-state index contributed by atoms with van der Waals surface area (Å²) in [7, 11) is 0. The van der Waals surface area contributed by atoms with Crippen LogP contribution in [0, 0.1) is 0 Å². The molecule has 2 rings (SSSR count). The van der Waals surface area contributed by atoms with Gasteiger partial charge < -0.3 is 30.6 Å². The fourth-order valence-corrected chi connectivity index (χ4v) is 1.83. The lowest BCUT2D eigenvalue weighted by Gasteiger charge is -2.10. The Morgan fingerprint density at radius 3 is 2.15 bits per heavy atom. The van der Waals surface area contributed by atoms with Crippen molar-refractivity contribution in [2.75, 3.05) is 0 Å². The lowest BCUT2D eigenvalue weighted by atomic mass is 10.0. The predicted octanol–water partition coefficient (Wildman–Crippen LogP) is 0.792. The van der Waals surface area contributed by atoms with E-state index in [1.165, 1.54) is 0 Å². The van der Waals surface area contributed by atoms with Crippen LogP contribution in [0.4, 0.5) is 13.2 Å². The van der Waals surface area contributed by atoms with Crippen molar-refractivity contribution in [3.8, 4) is 11.5 Å². The molecule has 0 radical (unpaired) electrons. The number of phenolic OH excluding ortho intramolecular Hbond substituents is 2. The van der Waals surface area contributed by atoms with Gasteiger partial charge in [-0.25, -0.2) is 9.59 Å². The number of rotatable bonds is 3. The van der Waals surface area contributed by atoms with E-state index in [9.17, 15) is 33.0 Å². The van der Waals surface area contributed by atoms with Crippen LogP contribution in [0.5, 0.6) is 11.5 Å². The van der Waals surface area contributed by atoms with Gasteiger partial charge in [0.25, 0.3) is 0 Å². The molecule has 9 nitrogen and oxygen atoms in total. The molecule has 0 saturated heterocycles. The number of aromatic hydroxyl groups is 2. The van der Waals surface area contributed by atoms with Crippen LogP contribution in [-0.4, -0.2) is 44.6 Å². The van der Waals surface area contributed by atoms with Crippen LogP contribution in [0.25, 0.3) is 11.0 Å². The molecule has 0 aliphatic rings. The highest BCUT2D eigenvalue weighted by Crippen LogP contribution is 2.31. The van der Waals surface area contributed by atoms with Crippen molar-refractivity contribution in [3.63, 3.8) is 0 Å². The van der Waals surface area contributed by atoms with Gasteiger partial charge in [-0.15, -0.1) is 0 Å². The number of alkyl halides is 3. The summed E-state index contributed by atoms with van der Waals surface area (Å²) in [6, 6.07) is 2.09. The molecule has 0 bridgehead atoms. The Bertz CT molecular complexity index is 890. The second-order valence-corrected chi connectivity index (χ2v) is 4.88. The molecule has 26 heavy (non-hydrogen) atoms. The van der Waals surface area contributed by atoms with Crippen molar-refractivity contribution < 1.29 is 47.6 Å². The molecule has 0 aliphatic heterocycles. The average Bonchev–Trinajstić information content (AvgIpc) is 2.45. The van der Waals surface area contributed by atoms with E-state index in [4.69, 9.17) is 25.2 Å². The van der Waals surface area contributed by atoms with E-state index >= 15 is 0 Å². The molecular weight excluding hydrogens is 367 g/mol. The molecule has 0 fully saturated rings. The minimum Gasteiger partial charge on any atom is -0.508 e. The van der Waals surface area contributed by atoms with Gasteiger partial charge in [-0.1, -0.05) is 0 Å². The molecule has 142 valence electrons. The van der Waals surface area contributed by atoms with Gasteiger partial charge >= 0.3 is 23.7 Å². The highest BCUT2D eigenvalue weighted by molar-refractivity contribution is 5.88. The maximum Gasteiger partial charge on any atom is 0.490 e. The number of carbonyl (C=O) groups is 2. The van der Waals surface area contributed by atoms with Crippen molar-refractivity contribution >= 4 is 22.9 Å². The number of fused-ring (bicyclic) bond motifs is 1. The standard InChI is InChI=1S/C12H11NO6.C2HF3O2/c13-7(12(17)18)1-5-2-10(16)19-9-4-6(14)3-8(15)11(5)9;3-2(4,5)1(6)7/h2-4,7,14-15H,1,13H2,(H,17,18);(H,6,7). The predicted molar refractivity (Wildman–Crippen MR) is 78.8 cm³/mol. The zero-order valence-corrected chi connectivity index (χ0v) is 12.6. The van der Waals surface area contributed by atoms with Gasteiger partial charge in [0.1, 0.15) is 23.1 Å². The third-order valence-corrected chi connectivity index (χ3v) is 2.89. The minimum atomic E-state index is -5.08. The summed E-state index contributed by atoms with van der Waals surface area (Å²) in [4.78, 5) is 31.0. The molecule has 0 spiro atoms. The number of aliphatic carboxylic acids is 2. The van der Waals surface area contributed by atoms with Crippen LogP contribution in [0.1, 0.15) is 5.56 Å². The molecule has 0 amide bonds. The number of hydrogen-bond donors (Lipinski definition) is 5. The van der Waals surface area contributed by atoms with Gasteiger partial charge in [-0.3, -0.25) is 4.79 Å². The minimum absolute atomic E-state index is 0.0300. The van der Waals surface area contributed by atoms with Crippen molar-refractivity contribution in [2.45, 2.75) is 18.6 Å². The fourth-order valence-electron chi connectivity index (χ4n) is 1.83. The first-order valence-electron chi connectivity index (χ1n) is 6.60. The second-order valence-electron chi connectivity index (χ2n) is 4.88. The lowest BCUT2D eigenvalue weighted by molar-refractivity contribution is -0.192. The molecule has 2 aromatic rings. The highest BCUT2D eigenvalue weighted by atomic mass is 19.4. The number of benzene rings is 1. The lowest BCUT2D eigenvalue weighted by Crippen LogP contribution is -2.32. The molecule has 12 heteroatoms. The van der Waals surface area contributed by atoms with Crippen LogP contribution in [-0.2, 0) is 16.0 Å². The Morgan fingerprint density at radius 1 is 1.15 bits per heavy atom. The smallest absolute Gasteiger partial charge is 0.490 e. The molecule has 6 N–H and O–H groups in total. The molecular formula is C14H12F3NO8. The molecule has 0 aliphatic carbocycles. The van der Waals surface area contributed by atoms with Crippen LogP contribution in [0.2, 0.25) is 0 Å². The second kappa shape index (κ2) is 7.74. The van der Waals surface area contributed by atoms with Crippen molar-refractivity contribution in [2.24, 2.45) is 5.73 Å².